The zero-order chi connectivity index (χ0) is 15.9. The lowest BCUT2D eigenvalue weighted by atomic mass is 9.89. The highest BCUT2D eigenvalue weighted by Crippen LogP contribution is 2.25. The van der Waals surface area contributed by atoms with Gasteiger partial charge in [0.05, 0.1) is 36.5 Å². The van der Waals surface area contributed by atoms with Gasteiger partial charge in [-0.25, -0.2) is 4.79 Å². The first-order valence-electron chi connectivity index (χ1n) is 6.91. The number of nitriles is 1. The standard InChI is InChI=1S/C16H22N2O3/c1-16(2,11-17)8-4-5-9-21-14-10-12(15(19)20-3)6-7-13(14)18/h6-7,10H,4-5,8-9,18H2,1-3H3. The zero-order valence-electron chi connectivity index (χ0n) is 12.8. The fraction of sp³-hybridized carbons (Fsp3) is 0.500. The number of ether oxygens (including phenoxy) is 2. The number of nitrogen functional groups attached to an aromatic ring is 1. The summed E-state index contributed by atoms with van der Waals surface area (Å²) in [5.74, 6) is 0.0630. The Hall–Kier alpha value is -2.22. The summed E-state index contributed by atoms with van der Waals surface area (Å²) in [6, 6.07) is 7.08. The molecule has 0 bridgehead atoms. The highest BCUT2D eigenvalue weighted by Gasteiger charge is 2.15. The minimum Gasteiger partial charge on any atom is -0.491 e. The van der Waals surface area contributed by atoms with Crippen LogP contribution >= 0.6 is 0 Å². The molecule has 1 aromatic rings. The number of methoxy groups -OCH3 is 1. The Morgan fingerprint density at radius 1 is 1.38 bits per heavy atom. The van der Waals surface area contributed by atoms with Crippen LogP contribution < -0.4 is 10.5 Å². The Morgan fingerprint density at radius 2 is 2.10 bits per heavy atom. The maximum absolute atomic E-state index is 11.4. The van der Waals surface area contributed by atoms with Crippen LogP contribution in [0.15, 0.2) is 18.2 Å². The van der Waals surface area contributed by atoms with Crippen molar-refractivity contribution in [2.24, 2.45) is 5.41 Å². The first-order chi connectivity index (χ1) is 9.89. The number of benzene rings is 1. The molecule has 114 valence electrons. The van der Waals surface area contributed by atoms with Crippen LogP contribution in [0.2, 0.25) is 0 Å². The molecule has 0 saturated heterocycles. The summed E-state index contributed by atoms with van der Waals surface area (Å²) in [7, 11) is 1.33. The first kappa shape index (κ1) is 16.8. The third-order valence-electron chi connectivity index (χ3n) is 3.19. The monoisotopic (exact) mass is 290 g/mol. The molecule has 0 amide bonds. The number of nitrogens with two attached hydrogens (primary N) is 1. The third kappa shape index (κ3) is 5.35. The summed E-state index contributed by atoms with van der Waals surface area (Å²) < 4.78 is 10.3. The van der Waals surface area contributed by atoms with E-state index in [0.29, 0.717) is 23.6 Å². The van der Waals surface area contributed by atoms with E-state index in [2.05, 4.69) is 10.8 Å². The van der Waals surface area contributed by atoms with Crippen molar-refractivity contribution in [2.75, 3.05) is 19.5 Å². The number of carbonyl (C=O) groups is 1. The Kier molecular flexibility index (Phi) is 6.04. The summed E-state index contributed by atoms with van der Waals surface area (Å²) in [6.45, 7) is 4.34. The van der Waals surface area contributed by atoms with Gasteiger partial charge >= 0.3 is 5.97 Å². The number of rotatable bonds is 7. The fourth-order valence-electron chi connectivity index (χ4n) is 1.81. The Balaban J connectivity index is 2.49. The Morgan fingerprint density at radius 3 is 2.71 bits per heavy atom. The quantitative estimate of drug-likeness (QED) is 0.473. The van der Waals surface area contributed by atoms with Gasteiger partial charge in [0, 0.05) is 0 Å². The second-order valence-electron chi connectivity index (χ2n) is 5.55. The van der Waals surface area contributed by atoms with E-state index in [1.54, 1.807) is 18.2 Å². The molecule has 0 heterocycles. The number of carbonyl (C=O) groups excluding carboxylic acids is 1. The molecule has 0 aliphatic heterocycles. The number of anilines is 1. The summed E-state index contributed by atoms with van der Waals surface area (Å²) in [5.41, 5.74) is 6.41. The summed E-state index contributed by atoms with van der Waals surface area (Å²) in [6.07, 6.45) is 2.55. The molecule has 0 aliphatic rings. The molecule has 5 nitrogen and oxygen atoms in total. The van der Waals surface area contributed by atoms with Gasteiger partial charge in [0.25, 0.3) is 0 Å². The molecule has 5 heteroatoms. The molecule has 0 unspecified atom stereocenters. The van der Waals surface area contributed by atoms with Crippen LogP contribution in [0.3, 0.4) is 0 Å². The summed E-state index contributed by atoms with van der Waals surface area (Å²) in [4.78, 5) is 11.4. The Labute approximate surface area is 125 Å². The molecule has 1 rings (SSSR count). The summed E-state index contributed by atoms with van der Waals surface area (Å²) >= 11 is 0. The molecule has 0 aliphatic carbocycles. The maximum atomic E-state index is 11.4. The summed E-state index contributed by atoms with van der Waals surface area (Å²) in [5, 5.41) is 8.93. The predicted octanol–water partition coefficient (Wildman–Crippen LogP) is 3.15. The molecular weight excluding hydrogens is 268 g/mol. The SMILES string of the molecule is COC(=O)c1ccc(N)c(OCCCCC(C)(C)C#N)c1. The van der Waals surface area contributed by atoms with Gasteiger partial charge < -0.3 is 15.2 Å². The van der Waals surface area contributed by atoms with E-state index in [1.807, 2.05) is 13.8 Å². The molecule has 0 saturated carbocycles. The average molecular weight is 290 g/mol. The average Bonchev–Trinajstić information content (AvgIpc) is 2.47. The number of hydrogen-bond acceptors (Lipinski definition) is 5. The van der Waals surface area contributed by atoms with Crippen LogP contribution in [-0.2, 0) is 4.74 Å². The van der Waals surface area contributed by atoms with E-state index in [1.165, 1.54) is 7.11 Å². The lowest BCUT2D eigenvalue weighted by Gasteiger charge is -2.15. The van der Waals surface area contributed by atoms with Gasteiger partial charge in [-0.05, 0) is 51.3 Å². The van der Waals surface area contributed by atoms with Crippen LogP contribution in [0.1, 0.15) is 43.5 Å². The molecule has 2 N–H and O–H groups in total. The molecular formula is C16H22N2O3. The molecule has 0 aromatic heterocycles. The van der Waals surface area contributed by atoms with Gasteiger partial charge in [0.15, 0.2) is 0 Å². The van der Waals surface area contributed by atoms with Crippen molar-refractivity contribution >= 4 is 11.7 Å². The van der Waals surface area contributed by atoms with Crippen molar-refractivity contribution < 1.29 is 14.3 Å². The molecule has 0 atom stereocenters. The molecule has 21 heavy (non-hydrogen) atoms. The van der Waals surface area contributed by atoms with Gasteiger partial charge in [0.1, 0.15) is 5.75 Å². The van der Waals surface area contributed by atoms with Gasteiger partial charge in [-0.15, -0.1) is 0 Å². The molecule has 0 fully saturated rings. The second-order valence-corrected chi connectivity index (χ2v) is 5.55. The topological polar surface area (TPSA) is 85.3 Å². The van der Waals surface area contributed by atoms with Crippen LogP contribution in [0.4, 0.5) is 5.69 Å². The fourth-order valence-corrected chi connectivity index (χ4v) is 1.81. The van der Waals surface area contributed by atoms with E-state index < -0.39 is 5.97 Å². The van der Waals surface area contributed by atoms with E-state index in [4.69, 9.17) is 15.7 Å². The van der Waals surface area contributed by atoms with Crippen molar-refractivity contribution in [3.63, 3.8) is 0 Å². The minimum atomic E-state index is -0.421. The van der Waals surface area contributed by atoms with E-state index in [9.17, 15) is 4.79 Å². The second kappa shape index (κ2) is 7.53. The van der Waals surface area contributed by atoms with Crippen molar-refractivity contribution in [3.05, 3.63) is 23.8 Å². The number of unbranched alkanes of at least 4 members (excludes halogenated alkanes) is 1. The number of hydrogen-bond donors (Lipinski definition) is 1. The predicted molar refractivity (Wildman–Crippen MR) is 80.9 cm³/mol. The van der Waals surface area contributed by atoms with E-state index in [-0.39, 0.29) is 5.41 Å². The van der Waals surface area contributed by atoms with E-state index >= 15 is 0 Å². The zero-order valence-corrected chi connectivity index (χ0v) is 12.8. The molecule has 1 aromatic carbocycles. The van der Waals surface area contributed by atoms with Crippen molar-refractivity contribution in [3.8, 4) is 11.8 Å². The van der Waals surface area contributed by atoms with Crippen LogP contribution in [0.25, 0.3) is 0 Å². The van der Waals surface area contributed by atoms with Crippen molar-refractivity contribution in [1.29, 1.82) is 5.26 Å². The van der Waals surface area contributed by atoms with Gasteiger partial charge in [-0.3, -0.25) is 0 Å². The van der Waals surface area contributed by atoms with Gasteiger partial charge in [-0.1, -0.05) is 0 Å². The van der Waals surface area contributed by atoms with Gasteiger partial charge in [0.2, 0.25) is 0 Å². The Bertz CT molecular complexity index is 533. The molecule has 0 spiro atoms. The minimum absolute atomic E-state index is 0.302. The number of nitrogens with zero attached hydrogens (tertiary/aromatic N) is 1. The van der Waals surface area contributed by atoms with Crippen molar-refractivity contribution in [2.45, 2.75) is 33.1 Å². The maximum Gasteiger partial charge on any atom is 0.337 e. The van der Waals surface area contributed by atoms with Crippen LogP contribution in [-0.4, -0.2) is 19.7 Å². The molecule has 0 radical (unpaired) electrons. The third-order valence-corrected chi connectivity index (χ3v) is 3.19. The smallest absolute Gasteiger partial charge is 0.337 e. The van der Waals surface area contributed by atoms with E-state index in [0.717, 1.165) is 19.3 Å². The van der Waals surface area contributed by atoms with Crippen LogP contribution in [0.5, 0.6) is 5.75 Å². The largest absolute Gasteiger partial charge is 0.491 e. The lowest BCUT2D eigenvalue weighted by molar-refractivity contribution is 0.0600. The number of esters is 1. The highest BCUT2D eigenvalue weighted by atomic mass is 16.5. The highest BCUT2D eigenvalue weighted by molar-refractivity contribution is 5.90. The lowest BCUT2D eigenvalue weighted by Crippen LogP contribution is -2.09. The normalized spacial score (nSPS) is 10.8. The van der Waals surface area contributed by atoms with Crippen LogP contribution in [0, 0.1) is 16.7 Å². The van der Waals surface area contributed by atoms with Gasteiger partial charge in [-0.2, -0.15) is 5.26 Å². The first-order valence-corrected chi connectivity index (χ1v) is 6.91. The van der Waals surface area contributed by atoms with Crippen molar-refractivity contribution in [1.82, 2.24) is 0 Å².